The van der Waals surface area contributed by atoms with Crippen LogP contribution in [-0.2, 0) is 6.18 Å². The molecule has 1 aliphatic heterocycles. The van der Waals surface area contributed by atoms with Gasteiger partial charge in [-0.3, -0.25) is 5.43 Å². The number of hydrazone groups is 1. The van der Waals surface area contributed by atoms with E-state index >= 15 is 0 Å². The molecule has 1 aliphatic rings. The Kier molecular flexibility index (Phi) is 2.97. The molecule has 0 spiro atoms. The lowest BCUT2D eigenvalue weighted by Crippen LogP contribution is -2.22. The van der Waals surface area contributed by atoms with Gasteiger partial charge in [0.2, 0.25) is 0 Å². The van der Waals surface area contributed by atoms with E-state index in [1.54, 1.807) is 6.21 Å². The first-order valence-electron chi connectivity index (χ1n) is 6.10. The van der Waals surface area contributed by atoms with Crippen molar-refractivity contribution in [3.8, 4) is 0 Å². The predicted molar refractivity (Wildman–Crippen MR) is 70.5 cm³/mol. The monoisotopic (exact) mass is 276 g/mol. The average Bonchev–Trinajstić information content (AvgIpc) is 2.46. The minimum absolute atomic E-state index is 0.224. The summed E-state index contributed by atoms with van der Waals surface area (Å²) in [5.74, 6) is 0. The maximum Gasteiger partial charge on any atom is 0.416 e. The number of alkyl halides is 3. The second-order valence-corrected chi connectivity index (χ2v) is 4.57. The Morgan fingerprint density at radius 2 is 1.65 bits per heavy atom. The summed E-state index contributed by atoms with van der Waals surface area (Å²) in [6.07, 6.45) is -2.61. The van der Waals surface area contributed by atoms with Gasteiger partial charge in [0, 0.05) is 5.56 Å². The van der Waals surface area contributed by atoms with Crippen LogP contribution in [-0.4, -0.2) is 6.21 Å². The molecule has 3 rings (SSSR count). The molecule has 0 saturated heterocycles. The van der Waals surface area contributed by atoms with Crippen molar-refractivity contribution in [2.75, 3.05) is 0 Å². The Bertz CT molecular complexity index is 645. The average molecular weight is 276 g/mol. The van der Waals surface area contributed by atoms with Crippen LogP contribution in [0.3, 0.4) is 0 Å². The summed E-state index contributed by atoms with van der Waals surface area (Å²) in [4.78, 5) is 0. The van der Waals surface area contributed by atoms with E-state index in [2.05, 4.69) is 10.5 Å². The first-order valence-corrected chi connectivity index (χ1v) is 6.10. The van der Waals surface area contributed by atoms with Crippen LogP contribution in [0, 0.1) is 0 Å². The van der Waals surface area contributed by atoms with Crippen molar-refractivity contribution < 1.29 is 13.2 Å². The largest absolute Gasteiger partial charge is 0.416 e. The molecule has 2 aromatic carbocycles. The van der Waals surface area contributed by atoms with Crippen molar-refractivity contribution in [1.82, 2.24) is 5.43 Å². The number of hydrogen-bond donors (Lipinski definition) is 1. The van der Waals surface area contributed by atoms with Gasteiger partial charge in [0.1, 0.15) is 0 Å². The molecule has 2 aromatic rings. The van der Waals surface area contributed by atoms with Crippen LogP contribution in [0.4, 0.5) is 13.2 Å². The second kappa shape index (κ2) is 4.67. The molecule has 1 N–H and O–H groups in total. The van der Waals surface area contributed by atoms with Crippen LogP contribution >= 0.6 is 0 Å². The molecule has 0 unspecified atom stereocenters. The zero-order chi connectivity index (χ0) is 14.2. The predicted octanol–water partition coefficient (Wildman–Crippen LogP) is 3.73. The van der Waals surface area contributed by atoms with Gasteiger partial charge in [0.15, 0.2) is 0 Å². The Morgan fingerprint density at radius 1 is 0.950 bits per heavy atom. The first kappa shape index (κ1) is 12.7. The van der Waals surface area contributed by atoms with Gasteiger partial charge in [-0.05, 0) is 23.3 Å². The molecule has 0 saturated carbocycles. The number of fused-ring (bicyclic) bond motifs is 1. The van der Waals surface area contributed by atoms with E-state index in [4.69, 9.17) is 0 Å². The Hall–Kier alpha value is -2.30. The molecule has 0 fully saturated rings. The molecule has 2 nitrogen and oxygen atoms in total. The second-order valence-electron chi connectivity index (χ2n) is 4.57. The maximum atomic E-state index is 12.6. The summed E-state index contributed by atoms with van der Waals surface area (Å²) in [5, 5.41) is 4.05. The molecule has 1 heterocycles. The zero-order valence-electron chi connectivity index (χ0n) is 10.4. The molecule has 5 heteroatoms. The van der Waals surface area contributed by atoms with Crippen molar-refractivity contribution in [2.45, 2.75) is 12.2 Å². The third-order valence-corrected chi connectivity index (χ3v) is 3.29. The number of nitrogens with one attached hydrogen (secondary N) is 1. The third kappa shape index (κ3) is 2.27. The minimum atomic E-state index is -4.31. The quantitative estimate of drug-likeness (QED) is 0.843. The van der Waals surface area contributed by atoms with Gasteiger partial charge in [-0.1, -0.05) is 36.4 Å². The summed E-state index contributed by atoms with van der Waals surface area (Å²) < 4.78 is 37.7. The lowest BCUT2D eigenvalue weighted by molar-refractivity contribution is -0.137. The fourth-order valence-corrected chi connectivity index (χ4v) is 2.26. The minimum Gasteiger partial charge on any atom is -0.298 e. The highest BCUT2D eigenvalue weighted by atomic mass is 19.4. The van der Waals surface area contributed by atoms with E-state index in [0.29, 0.717) is 0 Å². The van der Waals surface area contributed by atoms with E-state index < -0.39 is 11.7 Å². The Morgan fingerprint density at radius 3 is 2.35 bits per heavy atom. The summed E-state index contributed by atoms with van der Waals surface area (Å²) in [5.41, 5.74) is 5.02. The fraction of sp³-hybridized carbons (Fsp3) is 0.133. The van der Waals surface area contributed by atoms with Crippen LogP contribution < -0.4 is 5.43 Å². The van der Waals surface area contributed by atoms with Crippen LogP contribution in [0.25, 0.3) is 0 Å². The summed E-state index contributed by atoms with van der Waals surface area (Å²) in [6.45, 7) is 0. The molecule has 0 bridgehead atoms. The Labute approximate surface area is 113 Å². The molecule has 0 aliphatic carbocycles. The van der Waals surface area contributed by atoms with Crippen molar-refractivity contribution in [2.24, 2.45) is 5.10 Å². The van der Waals surface area contributed by atoms with Crippen molar-refractivity contribution in [1.29, 1.82) is 0 Å². The standard InChI is InChI=1S/C15H11F3N2/c16-15(17,18)12-7-5-10(6-8-12)14-13-4-2-1-3-11(13)9-19-20-14/h1-9,14,20H/t14-/m0/s1. The molecule has 0 radical (unpaired) electrons. The maximum absolute atomic E-state index is 12.6. The summed E-state index contributed by atoms with van der Waals surface area (Å²) >= 11 is 0. The fourth-order valence-electron chi connectivity index (χ4n) is 2.26. The van der Waals surface area contributed by atoms with E-state index in [9.17, 15) is 13.2 Å². The van der Waals surface area contributed by atoms with Crippen LogP contribution in [0.15, 0.2) is 53.6 Å². The number of benzene rings is 2. The van der Waals surface area contributed by atoms with E-state index in [1.165, 1.54) is 12.1 Å². The van der Waals surface area contributed by atoms with Gasteiger partial charge in [0.25, 0.3) is 0 Å². The van der Waals surface area contributed by atoms with E-state index in [0.717, 1.165) is 28.8 Å². The highest BCUT2D eigenvalue weighted by molar-refractivity contribution is 5.83. The third-order valence-electron chi connectivity index (χ3n) is 3.29. The van der Waals surface area contributed by atoms with Crippen LogP contribution in [0.5, 0.6) is 0 Å². The van der Waals surface area contributed by atoms with Gasteiger partial charge in [-0.15, -0.1) is 0 Å². The molecule has 20 heavy (non-hydrogen) atoms. The summed E-state index contributed by atoms with van der Waals surface area (Å²) in [6, 6.07) is 12.6. The normalized spacial score (nSPS) is 17.4. The van der Waals surface area contributed by atoms with E-state index in [1.807, 2.05) is 24.3 Å². The highest BCUT2D eigenvalue weighted by Gasteiger charge is 2.30. The van der Waals surface area contributed by atoms with Crippen molar-refractivity contribution in [3.05, 3.63) is 70.8 Å². The SMILES string of the molecule is FC(F)(F)c1ccc([C@@H]2NN=Cc3ccccc32)cc1. The molecular weight excluding hydrogens is 265 g/mol. The number of rotatable bonds is 1. The smallest absolute Gasteiger partial charge is 0.298 e. The van der Waals surface area contributed by atoms with Crippen LogP contribution in [0.1, 0.15) is 28.3 Å². The van der Waals surface area contributed by atoms with Crippen LogP contribution in [0.2, 0.25) is 0 Å². The highest BCUT2D eigenvalue weighted by Crippen LogP contribution is 2.32. The molecule has 0 amide bonds. The van der Waals surface area contributed by atoms with Gasteiger partial charge >= 0.3 is 6.18 Å². The van der Waals surface area contributed by atoms with Gasteiger partial charge < -0.3 is 0 Å². The van der Waals surface area contributed by atoms with Crippen molar-refractivity contribution >= 4 is 6.21 Å². The summed E-state index contributed by atoms with van der Waals surface area (Å²) in [7, 11) is 0. The van der Waals surface area contributed by atoms with Crippen molar-refractivity contribution in [3.63, 3.8) is 0 Å². The Balaban J connectivity index is 1.96. The van der Waals surface area contributed by atoms with Gasteiger partial charge in [-0.25, -0.2) is 0 Å². The lowest BCUT2D eigenvalue weighted by Gasteiger charge is -2.23. The van der Waals surface area contributed by atoms with Gasteiger partial charge in [0.05, 0.1) is 17.8 Å². The van der Waals surface area contributed by atoms with Gasteiger partial charge in [-0.2, -0.15) is 18.3 Å². The number of halogens is 3. The molecule has 0 aromatic heterocycles. The topological polar surface area (TPSA) is 24.4 Å². The number of nitrogens with zero attached hydrogens (tertiary/aromatic N) is 1. The molecule has 102 valence electrons. The lowest BCUT2D eigenvalue weighted by atomic mass is 9.94. The number of hydrogen-bond acceptors (Lipinski definition) is 2. The zero-order valence-corrected chi connectivity index (χ0v) is 10.4. The van der Waals surface area contributed by atoms with E-state index in [-0.39, 0.29) is 6.04 Å². The molecule has 1 atom stereocenters. The first-order chi connectivity index (χ1) is 9.55. The molecular formula is C15H11F3N2.